The van der Waals surface area contributed by atoms with Crippen LogP contribution >= 0.6 is 0 Å². The average Bonchev–Trinajstić information content (AvgIpc) is 2.36. The molecule has 17 heavy (non-hydrogen) atoms. The zero-order valence-corrected chi connectivity index (χ0v) is 10.4. The van der Waals surface area contributed by atoms with Crippen molar-refractivity contribution in [3.63, 3.8) is 0 Å². The number of sulfone groups is 1. The van der Waals surface area contributed by atoms with Gasteiger partial charge in [-0.3, -0.25) is 4.90 Å². The third kappa shape index (κ3) is 4.44. The molecule has 0 aromatic carbocycles. The molecular weight excluding hydrogens is 257 g/mol. The Labute approximate surface area is 98.9 Å². The lowest BCUT2D eigenvalue weighted by molar-refractivity contribution is -0.150. The Morgan fingerprint density at radius 2 is 1.94 bits per heavy atom. The van der Waals surface area contributed by atoms with E-state index >= 15 is 0 Å². The maximum Gasteiger partial charge on any atom is 0.401 e. The third-order valence-corrected chi connectivity index (χ3v) is 4.47. The van der Waals surface area contributed by atoms with Crippen LogP contribution in [0, 0.1) is 0 Å². The van der Waals surface area contributed by atoms with Gasteiger partial charge < -0.3 is 5.73 Å². The Bertz CT molecular complexity index is 356. The van der Waals surface area contributed by atoms with Gasteiger partial charge >= 0.3 is 6.18 Å². The summed E-state index contributed by atoms with van der Waals surface area (Å²) in [5.74, 6) is -0.500. The van der Waals surface area contributed by atoms with Crippen molar-refractivity contribution in [2.24, 2.45) is 5.73 Å². The molecule has 1 rings (SSSR count). The normalized spacial score (nSPS) is 28.8. The molecule has 0 amide bonds. The standard InChI is InChI=1S/C9H17F3N2O2S/c1-2-3-14(6-9(10,11)12)8-5-17(15,16)4-7(8)13/h7-8H,2-6,13H2,1H3. The fourth-order valence-corrected chi connectivity index (χ4v) is 4.03. The first-order chi connectivity index (χ1) is 7.64. The lowest BCUT2D eigenvalue weighted by Gasteiger charge is -2.30. The molecular formula is C9H17F3N2O2S. The summed E-state index contributed by atoms with van der Waals surface area (Å²) in [6.07, 6.45) is -3.80. The summed E-state index contributed by atoms with van der Waals surface area (Å²) in [5.41, 5.74) is 5.62. The lowest BCUT2D eigenvalue weighted by Crippen LogP contribution is -2.50. The van der Waals surface area contributed by atoms with Gasteiger partial charge in [0.25, 0.3) is 0 Å². The summed E-state index contributed by atoms with van der Waals surface area (Å²) >= 11 is 0. The van der Waals surface area contributed by atoms with Gasteiger partial charge in [-0.1, -0.05) is 6.92 Å². The minimum Gasteiger partial charge on any atom is -0.325 e. The first kappa shape index (κ1) is 14.7. The highest BCUT2D eigenvalue weighted by atomic mass is 32.2. The summed E-state index contributed by atoms with van der Waals surface area (Å²) in [4.78, 5) is 1.13. The van der Waals surface area contributed by atoms with Gasteiger partial charge in [0, 0.05) is 12.1 Å². The first-order valence-electron chi connectivity index (χ1n) is 5.41. The zero-order valence-electron chi connectivity index (χ0n) is 9.57. The van der Waals surface area contributed by atoms with E-state index in [0.29, 0.717) is 6.42 Å². The molecule has 2 unspecified atom stereocenters. The van der Waals surface area contributed by atoms with E-state index in [1.807, 2.05) is 0 Å². The minimum atomic E-state index is -4.33. The highest BCUT2D eigenvalue weighted by Gasteiger charge is 2.42. The van der Waals surface area contributed by atoms with Crippen LogP contribution in [0.5, 0.6) is 0 Å². The van der Waals surface area contributed by atoms with Gasteiger partial charge in [0.05, 0.1) is 18.1 Å². The predicted octanol–water partition coefficient (Wildman–Crippen LogP) is 0.385. The van der Waals surface area contributed by atoms with Crippen LogP contribution in [0.15, 0.2) is 0 Å². The van der Waals surface area contributed by atoms with Crippen LogP contribution in [0.25, 0.3) is 0 Å². The van der Waals surface area contributed by atoms with E-state index in [1.54, 1.807) is 6.92 Å². The fraction of sp³-hybridized carbons (Fsp3) is 1.00. The average molecular weight is 274 g/mol. The molecule has 0 aromatic rings. The summed E-state index contributed by atoms with van der Waals surface area (Å²) in [5, 5.41) is 0. The molecule has 1 aliphatic heterocycles. The Balaban J connectivity index is 2.78. The van der Waals surface area contributed by atoms with Crippen molar-refractivity contribution in [3.8, 4) is 0 Å². The van der Waals surface area contributed by atoms with Crippen LogP contribution in [-0.4, -0.2) is 56.2 Å². The molecule has 102 valence electrons. The van der Waals surface area contributed by atoms with E-state index in [2.05, 4.69) is 0 Å². The van der Waals surface area contributed by atoms with Crippen molar-refractivity contribution in [2.75, 3.05) is 24.6 Å². The highest BCUT2D eigenvalue weighted by Crippen LogP contribution is 2.23. The van der Waals surface area contributed by atoms with Gasteiger partial charge in [0.15, 0.2) is 9.84 Å². The van der Waals surface area contributed by atoms with E-state index in [0.717, 1.165) is 4.90 Å². The van der Waals surface area contributed by atoms with Crippen LogP contribution in [0.1, 0.15) is 13.3 Å². The molecule has 2 N–H and O–H groups in total. The number of alkyl halides is 3. The van der Waals surface area contributed by atoms with Crippen molar-refractivity contribution in [1.82, 2.24) is 4.90 Å². The van der Waals surface area contributed by atoms with Gasteiger partial charge in [-0.15, -0.1) is 0 Å². The van der Waals surface area contributed by atoms with Crippen LogP contribution in [0.2, 0.25) is 0 Å². The van der Waals surface area contributed by atoms with Crippen LogP contribution in [0.4, 0.5) is 13.2 Å². The summed E-state index contributed by atoms with van der Waals surface area (Å²) in [6, 6.07) is -1.45. The lowest BCUT2D eigenvalue weighted by atomic mass is 10.1. The molecule has 0 bridgehead atoms. The maximum absolute atomic E-state index is 12.4. The van der Waals surface area contributed by atoms with E-state index < -0.39 is 34.6 Å². The second-order valence-electron chi connectivity index (χ2n) is 4.39. The Kier molecular flexibility index (Phi) is 4.43. The molecule has 0 saturated carbocycles. The summed E-state index contributed by atoms with van der Waals surface area (Å²) < 4.78 is 59.8. The first-order valence-corrected chi connectivity index (χ1v) is 7.23. The predicted molar refractivity (Wildman–Crippen MR) is 58.3 cm³/mol. The third-order valence-electron chi connectivity index (χ3n) is 2.73. The molecule has 1 heterocycles. The van der Waals surface area contributed by atoms with E-state index in [4.69, 9.17) is 5.73 Å². The molecule has 0 radical (unpaired) electrons. The molecule has 0 aliphatic carbocycles. The van der Waals surface area contributed by atoms with E-state index in [-0.39, 0.29) is 18.1 Å². The summed E-state index contributed by atoms with van der Waals surface area (Å²) in [6.45, 7) is 0.848. The molecule has 1 aliphatic rings. The van der Waals surface area contributed by atoms with Gasteiger partial charge in [-0.2, -0.15) is 13.2 Å². The van der Waals surface area contributed by atoms with E-state index in [9.17, 15) is 21.6 Å². The molecule has 1 saturated heterocycles. The number of hydrogen-bond donors (Lipinski definition) is 1. The topological polar surface area (TPSA) is 63.4 Å². The van der Waals surface area contributed by atoms with Crippen molar-refractivity contribution in [2.45, 2.75) is 31.6 Å². The van der Waals surface area contributed by atoms with Gasteiger partial charge in [0.2, 0.25) is 0 Å². The second kappa shape index (κ2) is 5.11. The number of halogens is 3. The zero-order chi connectivity index (χ0) is 13.3. The molecule has 0 aromatic heterocycles. The monoisotopic (exact) mass is 274 g/mol. The Hall–Kier alpha value is -0.340. The Morgan fingerprint density at radius 3 is 2.29 bits per heavy atom. The number of rotatable bonds is 4. The second-order valence-corrected chi connectivity index (χ2v) is 6.55. The maximum atomic E-state index is 12.4. The molecule has 1 fully saturated rings. The van der Waals surface area contributed by atoms with Crippen LogP contribution < -0.4 is 5.73 Å². The SMILES string of the molecule is CCCN(CC(F)(F)F)C1CS(=O)(=O)CC1N. The fourth-order valence-electron chi connectivity index (χ4n) is 2.11. The van der Waals surface area contributed by atoms with Crippen molar-refractivity contribution >= 4 is 9.84 Å². The van der Waals surface area contributed by atoms with Crippen molar-refractivity contribution in [3.05, 3.63) is 0 Å². The number of hydrogen-bond acceptors (Lipinski definition) is 4. The van der Waals surface area contributed by atoms with Gasteiger partial charge in [-0.25, -0.2) is 8.42 Å². The van der Waals surface area contributed by atoms with Gasteiger partial charge in [-0.05, 0) is 13.0 Å². The van der Waals surface area contributed by atoms with Crippen molar-refractivity contribution in [1.29, 1.82) is 0 Å². The van der Waals surface area contributed by atoms with Crippen LogP contribution in [-0.2, 0) is 9.84 Å². The summed E-state index contributed by atoms with van der Waals surface area (Å²) in [7, 11) is -3.30. The molecule has 4 nitrogen and oxygen atoms in total. The molecule has 2 atom stereocenters. The van der Waals surface area contributed by atoms with E-state index in [1.165, 1.54) is 0 Å². The highest BCUT2D eigenvalue weighted by molar-refractivity contribution is 7.91. The molecule has 0 spiro atoms. The number of nitrogens with two attached hydrogens (primary N) is 1. The van der Waals surface area contributed by atoms with Gasteiger partial charge in [0.1, 0.15) is 0 Å². The van der Waals surface area contributed by atoms with Crippen LogP contribution in [0.3, 0.4) is 0 Å². The largest absolute Gasteiger partial charge is 0.401 e. The van der Waals surface area contributed by atoms with Crippen molar-refractivity contribution < 1.29 is 21.6 Å². The smallest absolute Gasteiger partial charge is 0.325 e. The molecule has 8 heteroatoms. The quantitative estimate of drug-likeness (QED) is 0.805. The Morgan fingerprint density at radius 1 is 1.35 bits per heavy atom. The minimum absolute atomic E-state index is 0.202. The number of nitrogens with zero attached hydrogens (tertiary/aromatic N) is 1.